The molecule has 1 aromatic rings. The number of benzene rings is 1. The lowest BCUT2D eigenvalue weighted by atomic mass is 9.92. The molecule has 17 nitrogen and oxygen atoms in total. The Morgan fingerprint density at radius 2 is 1.73 bits per heavy atom. The van der Waals surface area contributed by atoms with E-state index in [0.717, 1.165) is 37.1 Å². The first-order chi connectivity index (χ1) is 28.6. The van der Waals surface area contributed by atoms with Crippen LogP contribution in [0, 0.1) is 5.92 Å². The maximum absolute atomic E-state index is 14.6. The molecule has 5 aliphatic heterocycles. The normalized spacial score (nSPS) is 30.1. The Bertz CT molecular complexity index is 1910. The number of hydrogen-bond donors (Lipinski definition) is 3. The molecule has 3 saturated heterocycles. The van der Waals surface area contributed by atoms with Crippen molar-refractivity contribution < 1.29 is 46.6 Å². The minimum atomic E-state index is -4.16. The lowest BCUT2D eigenvalue weighted by Crippen LogP contribution is -2.59. The van der Waals surface area contributed by atoms with Crippen molar-refractivity contribution >= 4 is 40.1 Å². The molecule has 18 heteroatoms. The topological polar surface area (TPSA) is 196 Å². The molecule has 1 saturated carbocycles. The molecule has 60 heavy (non-hydrogen) atoms. The fourth-order valence-corrected chi connectivity index (χ4v) is 10.4. The molecule has 4 fully saturated rings. The van der Waals surface area contributed by atoms with Gasteiger partial charge in [0.2, 0.25) is 11.8 Å². The second kappa shape index (κ2) is 18.4. The maximum Gasteiger partial charge on any atom is 0.410 e. The minimum Gasteiger partial charge on any atom is -0.444 e. The molecule has 5 amide bonds. The number of rotatable bonds is 7. The second-order valence-electron chi connectivity index (χ2n) is 17.9. The highest BCUT2D eigenvalue weighted by Gasteiger charge is 2.62. The van der Waals surface area contributed by atoms with E-state index in [-0.39, 0.29) is 31.8 Å². The molecule has 1 aliphatic carbocycles. The summed E-state index contributed by atoms with van der Waals surface area (Å²) in [6.45, 7) is 9.28. The van der Waals surface area contributed by atoms with Crippen LogP contribution in [0.15, 0.2) is 36.4 Å². The highest BCUT2D eigenvalue weighted by atomic mass is 32.2. The summed E-state index contributed by atoms with van der Waals surface area (Å²) in [4.78, 5) is 75.9. The van der Waals surface area contributed by atoms with E-state index in [9.17, 15) is 32.4 Å². The molecule has 0 spiro atoms. The van der Waals surface area contributed by atoms with Crippen molar-refractivity contribution in [3.8, 4) is 0 Å². The van der Waals surface area contributed by atoms with E-state index in [1.165, 1.54) is 9.21 Å². The lowest BCUT2D eigenvalue weighted by Gasteiger charge is -2.40. The third-order valence-corrected chi connectivity index (χ3v) is 13.9. The summed E-state index contributed by atoms with van der Waals surface area (Å²) < 4.78 is 47.3. The number of morpholine rings is 1. The summed E-state index contributed by atoms with van der Waals surface area (Å²) in [5.41, 5.74) is -0.204. The van der Waals surface area contributed by atoms with Gasteiger partial charge in [-0.3, -0.25) is 24.2 Å². The van der Waals surface area contributed by atoms with E-state index in [2.05, 4.69) is 26.3 Å². The van der Waals surface area contributed by atoms with E-state index >= 15 is 0 Å². The van der Waals surface area contributed by atoms with Crippen LogP contribution in [0.4, 0.5) is 9.59 Å². The quantitative estimate of drug-likeness (QED) is 0.342. The minimum absolute atomic E-state index is 0.0781. The van der Waals surface area contributed by atoms with Crippen LogP contribution in [0.2, 0.25) is 0 Å². The van der Waals surface area contributed by atoms with Gasteiger partial charge in [0.1, 0.15) is 29.3 Å². The highest BCUT2D eigenvalue weighted by molar-refractivity contribution is 7.87. The fourth-order valence-electron chi connectivity index (χ4n) is 9.12. The van der Waals surface area contributed by atoms with Crippen molar-refractivity contribution in [3.63, 3.8) is 0 Å². The van der Waals surface area contributed by atoms with Gasteiger partial charge in [0.25, 0.3) is 5.91 Å². The molecule has 7 rings (SSSR count). The molecular formula is C42H61N7O10S. The fraction of sp³-hybridized carbons (Fsp3) is 0.690. The predicted octanol–water partition coefficient (Wildman–Crippen LogP) is 2.77. The summed E-state index contributed by atoms with van der Waals surface area (Å²) in [6, 6.07) is 5.51. The van der Waals surface area contributed by atoms with Crippen LogP contribution in [0.3, 0.4) is 0 Å². The van der Waals surface area contributed by atoms with E-state index in [1.807, 2.05) is 30.4 Å². The monoisotopic (exact) mass is 855 g/mol. The van der Waals surface area contributed by atoms with E-state index in [1.54, 1.807) is 25.7 Å². The van der Waals surface area contributed by atoms with Crippen LogP contribution in [0.5, 0.6) is 0 Å². The Morgan fingerprint density at radius 1 is 0.983 bits per heavy atom. The van der Waals surface area contributed by atoms with Gasteiger partial charge in [0, 0.05) is 51.6 Å². The van der Waals surface area contributed by atoms with Crippen molar-refractivity contribution in [3.05, 3.63) is 47.5 Å². The Hall–Kier alpha value is -4.26. The summed E-state index contributed by atoms with van der Waals surface area (Å²) in [5.74, 6) is -2.56. The molecule has 2 unspecified atom stereocenters. The number of hydrogen-bond acceptors (Lipinski definition) is 11. The Balaban J connectivity index is 1.15. The van der Waals surface area contributed by atoms with Crippen molar-refractivity contribution in [2.45, 2.75) is 120 Å². The largest absolute Gasteiger partial charge is 0.444 e. The number of ether oxygens (including phenoxy) is 3. The van der Waals surface area contributed by atoms with E-state index in [4.69, 9.17) is 14.2 Å². The van der Waals surface area contributed by atoms with E-state index in [0.29, 0.717) is 71.5 Å². The zero-order valence-electron chi connectivity index (χ0n) is 35.1. The predicted molar refractivity (Wildman–Crippen MR) is 219 cm³/mol. The number of amides is 5. The molecule has 3 N–H and O–H groups in total. The number of fused-ring (bicyclic) bond motifs is 3. The van der Waals surface area contributed by atoms with Gasteiger partial charge in [0.05, 0.1) is 25.8 Å². The average molecular weight is 856 g/mol. The van der Waals surface area contributed by atoms with Crippen LogP contribution in [0.25, 0.3) is 0 Å². The van der Waals surface area contributed by atoms with Crippen molar-refractivity contribution in [1.82, 2.24) is 34.4 Å². The zero-order valence-corrected chi connectivity index (χ0v) is 35.9. The second-order valence-corrected chi connectivity index (χ2v) is 19.6. The summed E-state index contributed by atoms with van der Waals surface area (Å²) >= 11 is 0. The number of nitrogens with one attached hydrogen (secondary N) is 3. The van der Waals surface area contributed by atoms with Gasteiger partial charge in [-0.25, -0.2) is 14.3 Å². The summed E-state index contributed by atoms with van der Waals surface area (Å²) in [7, 11) is -4.16. The highest BCUT2D eigenvalue weighted by Crippen LogP contribution is 2.46. The zero-order chi connectivity index (χ0) is 42.7. The standard InChI is InChI=1S/C42H61N7O10S/c1-41(2,3)59-39(53)43-33-16-8-6-4-5-7-14-30-26-42(30,38(52)45-60(55,56)47-18-11-12-19-47)44-36(50)34-25-31(27-49(34)37(33)51)58-40(54)48-20-17-29-13-9-10-15-32(29)35(48)28-46-21-23-57-24-22-46/h7,9-10,13-15,30-31,33-35H,4-6,8,11-12,16-28H2,1-3H3,(H,43,53)(H,44,50)(H,45,52)/b14-7-/t30-,31-,33+,34?,35?,42-/m1/s1. The van der Waals surface area contributed by atoms with Crippen molar-refractivity contribution in [2.24, 2.45) is 5.92 Å². The van der Waals surface area contributed by atoms with Gasteiger partial charge in [-0.1, -0.05) is 49.3 Å². The molecule has 0 aromatic heterocycles. The van der Waals surface area contributed by atoms with Crippen LogP contribution in [0.1, 0.15) is 95.7 Å². The van der Waals surface area contributed by atoms with Crippen LogP contribution in [-0.2, 0) is 45.2 Å². The van der Waals surface area contributed by atoms with Gasteiger partial charge in [0.15, 0.2) is 0 Å². The van der Waals surface area contributed by atoms with Gasteiger partial charge in [-0.15, -0.1) is 0 Å². The van der Waals surface area contributed by atoms with Crippen molar-refractivity contribution in [1.29, 1.82) is 0 Å². The van der Waals surface area contributed by atoms with Crippen molar-refractivity contribution in [2.75, 3.05) is 59.0 Å². The molecule has 330 valence electrons. The maximum atomic E-state index is 14.6. The average Bonchev–Trinajstić information content (AvgIpc) is 3.50. The molecule has 1 aromatic carbocycles. The number of alkyl carbamates (subject to hydrolysis) is 1. The van der Waals surface area contributed by atoms with Gasteiger partial charge in [-0.2, -0.15) is 12.7 Å². The summed E-state index contributed by atoms with van der Waals surface area (Å²) in [6.07, 6.45) is 6.66. The molecule has 0 bridgehead atoms. The molecule has 0 radical (unpaired) electrons. The van der Waals surface area contributed by atoms with Crippen LogP contribution < -0.4 is 15.4 Å². The van der Waals surface area contributed by atoms with Gasteiger partial charge >= 0.3 is 22.4 Å². The van der Waals surface area contributed by atoms with Crippen LogP contribution >= 0.6 is 0 Å². The Labute approximate surface area is 353 Å². The first-order valence-corrected chi connectivity index (χ1v) is 23.0. The van der Waals surface area contributed by atoms with E-state index < -0.39 is 75.4 Å². The smallest absolute Gasteiger partial charge is 0.410 e. The summed E-state index contributed by atoms with van der Waals surface area (Å²) in [5, 5.41) is 5.61. The number of allylic oxidation sites excluding steroid dienone is 1. The molecule has 6 atom stereocenters. The molecule has 5 heterocycles. The molecule has 6 aliphatic rings. The molecular weight excluding hydrogens is 795 g/mol. The number of nitrogens with zero attached hydrogens (tertiary/aromatic N) is 4. The number of carbonyl (C=O) groups excluding carboxylic acids is 5. The number of carbonyl (C=O) groups is 5. The third-order valence-electron chi connectivity index (χ3n) is 12.4. The first kappa shape index (κ1) is 43.8. The van der Waals surface area contributed by atoms with Gasteiger partial charge < -0.3 is 29.7 Å². The SMILES string of the molecule is CC(C)(C)OC(=O)N[C@H]1CCCCC/C=C\[C@@H]2C[C@@]2(C(=O)NS(=O)(=O)N2CCCC2)NC(=O)C2C[C@@H](OC(=O)N3CCc4ccccc4C3CN3CCOCC3)CN2C1=O. The lowest BCUT2D eigenvalue weighted by molar-refractivity contribution is -0.141. The first-order valence-electron chi connectivity index (χ1n) is 21.6. The van der Waals surface area contributed by atoms with Gasteiger partial charge in [-0.05, 0) is 76.8 Å². The Morgan fingerprint density at radius 3 is 2.48 bits per heavy atom. The third kappa shape index (κ3) is 10.3. The Kier molecular flexibility index (Phi) is 13.4. The van der Waals surface area contributed by atoms with Crippen LogP contribution in [-0.4, -0.2) is 146 Å².